The summed E-state index contributed by atoms with van der Waals surface area (Å²) in [6.45, 7) is 3.05. The van der Waals surface area contributed by atoms with Crippen LogP contribution in [0.15, 0.2) is 30.5 Å². The average molecular weight is 600 g/mol. The van der Waals surface area contributed by atoms with Gasteiger partial charge in [0.2, 0.25) is 5.95 Å². The van der Waals surface area contributed by atoms with Crippen LogP contribution in [-0.2, 0) is 11.0 Å². The molecule has 1 aromatic carbocycles. The molecule has 0 bridgehead atoms. The molecule has 2 aliphatic rings. The van der Waals surface area contributed by atoms with E-state index < -0.39 is 23.9 Å². The number of nitrogens with two attached hydrogens (primary N) is 1. The molecule has 1 saturated carbocycles. The molecule has 0 spiro atoms. The molecule has 15 heteroatoms. The molecular weight excluding hydrogens is 568 g/mol. The molecule has 1 aliphatic carbocycles. The highest BCUT2D eigenvalue weighted by atomic mass is 19.4. The first-order valence-corrected chi connectivity index (χ1v) is 13.4. The van der Waals surface area contributed by atoms with Gasteiger partial charge in [-0.3, -0.25) is 4.90 Å². The molecule has 2 fully saturated rings. The summed E-state index contributed by atoms with van der Waals surface area (Å²) >= 11 is 0. The normalized spacial score (nSPS) is 17.1. The number of hydrogen-bond donors (Lipinski definition) is 3. The highest BCUT2D eigenvalue weighted by Crippen LogP contribution is 2.45. The number of nitrogens with zero attached hydrogens (tertiary/aromatic N) is 5. The van der Waals surface area contributed by atoms with Crippen molar-refractivity contribution >= 4 is 34.5 Å². The van der Waals surface area contributed by atoms with Crippen molar-refractivity contribution in [3.05, 3.63) is 36.0 Å². The van der Waals surface area contributed by atoms with E-state index in [2.05, 4.69) is 30.1 Å². The molecule has 0 amide bonds. The third-order valence-corrected chi connectivity index (χ3v) is 7.46. The van der Waals surface area contributed by atoms with Gasteiger partial charge in [-0.15, -0.1) is 0 Å². The van der Waals surface area contributed by atoms with E-state index in [1.807, 2.05) is 0 Å². The zero-order valence-electron chi connectivity index (χ0n) is 22.8. The van der Waals surface area contributed by atoms with E-state index in [1.165, 1.54) is 44.4 Å². The Morgan fingerprint density at radius 2 is 1.64 bits per heavy atom. The van der Waals surface area contributed by atoms with E-state index in [-0.39, 0.29) is 17.2 Å². The Balaban J connectivity index is 0.000000517. The Labute approximate surface area is 237 Å². The van der Waals surface area contributed by atoms with Crippen molar-refractivity contribution in [1.29, 1.82) is 0 Å². The maximum absolute atomic E-state index is 14.3. The number of aliphatic carboxylic acids is 1. The van der Waals surface area contributed by atoms with Crippen LogP contribution in [0.3, 0.4) is 0 Å². The van der Waals surface area contributed by atoms with Gasteiger partial charge < -0.3 is 21.1 Å². The number of carboxylic acids is 1. The highest BCUT2D eigenvalue weighted by molar-refractivity contribution is 6.03. The second-order valence-electron chi connectivity index (χ2n) is 10.1. The van der Waals surface area contributed by atoms with E-state index >= 15 is 0 Å². The smallest absolute Gasteiger partial charge is 0.475 e. The molecule has 0 radical (unpaired) electrons. The van der Waals surface area contributed by atoms with Gasteiger partial charge in [-0.25, -0.2) is 9.78 Å². The number of aromatic nitrogens is 3. The molecule has 42 heavy (non-hydrogen) atoms. The first-order chi connectivity index (χ1) is 19.8. The monoisotopic (exact) mass is 599 g/mol. The molecule has 2 aromatic heterocycles. The summed E-state index contributed by atoms with van der Waals surface area (Å²) in [5.41, 5.74) is 6.46. The minimum atomic E-state index is -5.08. The molecule has 3 aromatic rings. The Bertz CT molecular complexity index is 1400. The van der Waals surface area contributed by atoms with Gasteiger partial charge in [0.05, 0.1) is 10.9 Å². The van der Waals surface area contributed by atoms with E-state index in [0.29, 0.717) is 41.6 Å². The number of carbonyl (C=O) groups is 1. The molecule has 9 nitrogen and oxygen atoms in total. The lowest BCUT2D eigenvalue weighted by Gasteiger charge is -2.42. The largest absolute Gasteiger partial charge is 0.490 e. The van der Waals surface area contributed by atoms with Gasteiger partial charge in [0.25, 0.3) is 0 Å². The third-order valence-electron chi connectivity index (χ3n) is 7.46. The van der Waals surface area contributed by atoms with Crippen molar-refractivity contribution in [2.75, 3.05) is 49.2 Å². The lowest BCUT2D eigenvalue weighted by atomic mass is 9.93. The fourth-order valence-corrected chi connectivity index (χ4v) is 5.56. The molecule has 0 atom stereocenters. The maximum atomic E-state index is 14.3. The van der Waals surface area contributed by atoms with Crippen LogP contribution in [0, 0.1) is 0 Å². The minimum Gasteiger partial charge on any atom is -0.475 e. The van der Waals surface area contributed by atoms with Crippen LogP contribution in [0.25, 0.3) is 22.2 Å². The zero-order valence-corrected chi connectivity index (χ0v) is 22.8. The zero-order chi connectivity index (χ0) is 30.7. The van der Waals surface area contributed by atoms with Crippen molar-refractivity contribution in [3.8, 4) is 11.1 Å². The number of rotatable bonds is 4. The number of hydrogen-bond acceptors (Lipinski definition) is 8. The van der Waals surface area contributed by atoms with Gasteiger partial charge in [-0.1, -0.05) is 25.3 Å². The van der Waals surface area contributed by atoms with Crippen molar-refractivity contribution < 1.29 is 36.2 Å². The Morgan fingerprint density at radius 1 is 1.00 bits per heavy atom. The Morgan fingerprint density at radius 3 is 2.21 bits per heavy atom. The molecule has 1 saturated heterocycles. The summed E-state index contributed by atoms with van der Waals surface area (Å²) in [6, 6.07) is 6.61. The summed E-state index contributed by atoms with van der Waals surface area (Å²) in [4.78, 5) is 26.1. The topological polar surface area (TPSA) is 120 Å². The lowest BCUT2D eigenvalue weighted by molar-refractivity contribution is -0.192. The van der Waals surface area contributed by atoms with Gasteiger partial charge in [0.15, 0.2) is 5.65 Å². The molecule has 1 aliphatic heterocycles. The first-order valence-electron chi connectivity index (χ1n) is 13.4. The van der Waals surface area contributed by atoms with Crippen LogP contribution in [0.2, 0.25) is 0 Å². The number of halogens is 6. The van der Waals surface area contributed by atoms with Gasteiger partial charge in [0, 0.05) is 62.3 Å². The summed E-state index contributed by atoms with van der Waals surface area (Å²) in [7, 11) is 1.65. The van der Waals surface area contributed by atoms with Crippen LogP contribution in [0.4, 0.5) is 43.8 Å². The van der Waals surface area contributed by atoms with Crippen LogP contribution >= 0.6 is 0 Å². The molecule has 3 heterocycles. The Kier molecular flexibility index (Phi) is 9.28. The van der Waals surface area contributed by atoms with Crippen LogP contribution in [0.5, 0.6) is 0 Å². The second kappa shape index (κ2) is 12.5. The first kappa shape index (κ1) is 31.1. The fraction of sp³-hybridized carbons (Fsp3) is 0.481. The minimum absolute atomic E-state index is 0.00895. The highest BCUT2D eigenvalue weighted by Gasteiger charge is 2.38. The number of fused-ring (bicyclic) bond motifs is 1. The molecule has 5 rings (SSSR count). The van der Waals surface area contributed by atoms with E-state index in [4.69, 9.17) is 15.6 Å². The molecule has 0 unspecified atom stereocenters. The summed E-state index contributed by atoms with van der Waals surface area (Å²) < 4.78 is 74.7. The number of pyridine rings is 1. The fourth-order valence-electron chi connectivity index (χ4n) is 5.56. The summed E-state index contributed by atoms with van der Waals surface area (Å²) in [5.74, 6) is -2.40. The number of alkyl halides is 6. The standard InChI is InChI=1S/C25H30F3N7.C2HF3O2/c1-30-22-21-17(10-11-31-23(21)33-24(29)32-22)20-18(25(26,27)28)8-5-9-19(20)35-14-12-34(13-15-35)16-6-3-2-4-7-16;3-2(4,5)1(6)7/h5,8-11,16H,2-4,6-7,12-15H2,1H3,(H3,29,30,31,32,33);(H,6,7). The molecular formula is C27H31F6N7O2. The maximum Gasteiger partial charge on any atom is 0.490 e. The van der Waals surface area contributed by atoms with Crippen molar-refractivity contribution in [2.45, 2.75) is 50.5 Å². The number of benzene rings is 1. The van der Waals surface area contributed by atoms with Gasteiger partial charge in [0.1, 0.15) is 5.82 Å². The van der Waals surface area contributed by atoms with Gasteiger partial charge >= 0.3 is 18.3 Å². The number of piperazine rings is 1. The van der Waals surface area contributed by atoms with Gasteiger partial charge in [-0.05, 0) is 31.0 Å². The van der Waals surface area contributed by atoms with Crippen LogP contribution in [0.1, 0.15) is 37.7 Å². The molecule has 228 valence electrons. The van der Waals surface area contributed by atoms with E-state index in [9.17, 15) is 26.3 Å². The third kappa shape index (κ3) is 6.94. The second-order valence-corrected chi connectivity index (χ2v) is 10.1. The van der Waals surface area contributed by atoms with Gasteiger partial charge in [-0.2, -0.15) is 36.3 Å². The quantitative estimate of drug-likeness (QED) is 0.338. The predicted octanol–water partition coefficient (Wildman–Crippen LogP) is 5.42. The number of anilines is 3. The lowest BCUT2D eigenvalue weighted by Crippen LogP contribution is -2.51. The number of carboxylic acid groups (broad SMARTS) is 1. The van der Waals surface area contributed by atoms with Crippen LogP contribution in [-0.4, -0.2) is 76.4 Å². The van der Waals surface area contributed by atoms with E-state index in [1.54, 1.807) is 19.2 Å². The average Bonchev–Trinajstić information content (AvgIpc) is 2.96. The van der Waals surface area contributed by atoms with E-state index in [0.717, 1.165) is 19.2 Å². The number of nitrogens with one attached hydrogen (secondary N) is 1. The Hall–Kier alpha value is -3.88. The van der Waals surface area contributed by atoms with Crippen molar-refractivity contribution in [2.24, 2.45) is 0 Å². The summed E-state index contributed by atoms with van der Waals surface area (Å²) in [6.07, 6.45) is -1.88. The summed E-state index contributed by atoms with van der Waals surface area (Å²) in [5, 5.41) is 10.5. The predicted molar refractivity (Wildman–Crippen MR) is 146 cm³/mol. The van der Waals surface area contributed by atoms with Crippen molar-refractivity contribution in [1.82, 2.24) is 19.9 Å². The number of nitrogen functional groups attached to an aromatic ring is 1. The van der Waals surface area contributed by atoms with Crippen LogP contribution < -0.4 is 16.0 Å². The molecule has 4 N–H and O–H groups in total. The SMILES string of the molecule is CNc1nc(N)nc2nccc(-c3c(N4CCN(C5CCCCC5)CC4)cccc3C(F)(F)F)c12.O=C(O)C(F)(F)F. The van der Waals surface area contributed by atoms with Crippen molar-refractivity contribution in [3.63, 3.8) is 0 Å².